The smallest absolute Gasteiger partial charge is 0.243 e. The van der Waals surface area contributed by atoms with Crippen LogP contribution in [0.3, 0.4) is 0 Å². The molecule has 1 fully saturated rings. The third-order valence-corrected chi connectivity index (χ3v) is 6.17. The molecular weight excluding hydrogens is 284 g/mol. The van der Waals surface area contributed by atoms with Gasteiger partial charge in [-0.3, -0.25) is 0 Å². The Labute approximate surface area is 128 Å². The lowest BCUT2D eigenvalue weighted by atomic mass is 9.98. The van der Waals surface area contributed by atoms with Crippen molar-refractivity contribution in [2.45, 2.75) is 44.4 Å². The first-order valence-corrected chi connectivity index (χ1v) is 9.36. The molecule has 1 aromatic carbocycles. The molecule has 0 aliphatic carbocycles. The van der Waals surface area contributed by atoms with E-state index in [1.54, 1.807) is 16.4 Å². The van der Waals surface area contributed by atoms with Gasteiger partial charge in [-0.2, -0.15) is 4.31 Å². The number of nitrogens with one attached hydrogen (secondary N) is 1. The van der Waals surface area contributed by atoms with E-state index >= 15 is 0 Å². The lowest BCUT2D eigenvalue weighted by Crippen LogP contribution is -2.32. The zero-order valence-corrected chi connectivity index (χ0v) is 13.8. The summed E-state index contributed by atoms with van der Waals surface area (Å²) in [6, 6.07) is 7.08. The maximum Gasteiger partial charge on any atom is 0.243 e. The fourth-order valence-electron chi connectivity index (χ4n) is 2.89. The van der Waals surface area contributed by atoms with Crippen molar-refractivity contribution in [2.24, 2.45) is 5.92 Å². The van der Waals surface area contributed by atoms with Gasteiger partial charge in [-0.05, 0) is 56.4 Å². The van der Waals surface area contributed by atoms with Crippen molar-refractivity contribution in [1.29, 1.82) is 0 Å². The number of hydrogen-bond acceptors (Lipinski definition) is 3. The third-order valence-electron chi connectivity index (χ3n) is 4.26. The van der Waals surface area contributed by atoms with E-state index < -0.39 is 10.0 Å². The highest BCUT2D eigenvalue weighted by molar-refractivity contribution is 7.89. The second kappa shape index (κ2) is 7.27. The molecule has 4 nitrogen and oxygen atoms in total. The van der Waals surface area contributed by atoms with Crippen molar-refractivity contribution in [1.82, 2.24) is 4.31 Å². The molecule has 118 valence electrons. The fraction of sp³-hybridized carbons (Fsp3) is 0.625. The molecule has 1 atom stereocenters. The highest BCUT2D eigenvalue weighted by atomic mass is 32.2. The van der Waals surface area contributed by atoms with E-state index in [-0.39, 0.29) is 0 Å². The van der Waals surface area contributed by atoms with Gasteiger partial charge in [-0.1, -0.05) is 13.3 Å². The topological polar surface area (TPSA) is 49.4 Å². The molecule has 1 saturated heterocycles. The van der Waals surface area contributed by atoms with Gasteiger partial charge in [0, 0.05) is 25.3 Å². The second-order valence-corrected chi connectivity index (χ2v) is 7.60. The maximum absolute atomic E-state index is 12.7. The Kier molecular flexibility index (Phi) is 5.65. The van der Waals surface area contributed by atoms with E-state index in [0.29, 0.717) is 23.9 Å². The first-order chi connectivity index (χ1) is 10.1. The minimum Gasteiger partial charge on any atom is -0.385 e. The molecule has 1 N–H and O–H groups in total. The molecule has 21 heavy (non-hydrogen) atoms. The van der Waals surface area contributed by atoms with Gasteiger partial charge in [0.2, 0.25) is 10.0 Å². The van der Waals surface area contributed by atoms with Crippen LogP contribution >= 0.6 is 0 Å². The number of anilines is 1. The van der Waals surface area contributed by atoms with Gasteiger partial charge in [0.15, 0.2) is 0 Å². The lowest BCUT2D eigenvalue weighted by Gasteiger charge is -2.20. The van der Waals surface area contributed by atoms with Crippen LogP contribution in [0.1, 0.15) is 39.5 Å². The van der Waals surface area contributed by atoms with E-state index in [9.17, 15) is 8.42 Å². The molecule has 1 heterocycles. The van der Waals surface area contributed by atoms with Gasteiger partial charge in [0.25, 0.3) is 0 Å². The standard InChI is InChI=1S/C16H26N2O2S/c1-3-14-6-5-12-18(13-11-14)21(19,20)16-9-7-15(8-10-16)17-4-2/h7-10,14,17H,3-6,11-13H2,1-2H3. The zero-order chi connectivity index (χ0) is 15.3. The summed E-state index contributed by atoms with van der Waals surface area (Å²) < 4.78 is 27.1. The van der Waals surface area contributed by atoms with Crippen molar-refractivity contribution in [2.75, 3.05) is 25.0 Å². The lowest BCUT2D eigenvalue weighted by molar-refractivity contribution is 0.407. The SMILES string of the molecule is CCNc1ccc(S(=O)(=O)N2CCCC(CC)CC2)cc1. The molecule has 2 rings (SSSR count). The molecule has 0 spiro atoms. The van der Waals surface area contributed by atoms with Crippen LogP contribution in [0.4, 0.5) is 5.69 Å². The number of rotatable bonds is 5. The van der Waals surface area contributed by atoms with Gasteiger partial charge in [0.1, 0.15) is 0 Å². The average molecular weight is 310 g/mol. The van der Waals surface area contributed by atoms with Crippen molar-refractivity contribution >= 4 is 15.7 Å². The van der Waals surface area contributed by atoms with E-state index in [1.807, 2.05) is 19.1 Å². The van der Waals surface area contributed by atoms with Crippen LogP contribution < -0.4 is 5.32 Å². The monoisotopic (exact) mass is 310 g/mol. The predicted molar refractivity (Wildman–Crippen MR) is 87.0 cm³/mol. The van der Waals surface area contributed by atoms with Crippen LogP contribution in [-0.4, -0.2) is 32.4 Å². The Hall–Kier alpha value is -1.07. The van der Waals surface area contributed by atoms with Crippen molar-refractivity contribution in [3.8, 4) is 0 Å². The minimum absolute atomic E-state index is 0.402. The van der Waals surface area contributed by atoms with E-state index in [2.05, 4.69) is 12.2 Å². The summed E-state index contributed by atoms with van der Waals surface area (Å²) in [5.74, 6) is 0.668. The molecule has 1 aliphatic rings. The van der Waals surface area contributed by atoms with Crippen LogP contribution in [0.2, 0.25) is 0 Å². The van der Waals surface area contributed by atoms with Crippen molar-refractivity contribution in [3.05, 3.63) is 24.3 Å². The average Bonchev–Trinajstić information content (AvgIpc) is 2.74. The van der Waals surface area contributed by atoms with Crippen LogP contribution in [0.15, 0.2) is 29.2 Å². The molecule has 1 unspecified atom stereocenters. The van der Waals surface area contributed by atoms with Crippen molar-refractivity contribution in [3.63, 3.8) is 0 Å². The van der Waals surface area contributed by atoms with Gasteiger partial charge < -0.3 is 5.32 Å². The minimum atomic E-state index is -3.34. The predicted octanol–water partition coefficient (Wildman–Crippen LogP) is 3.32. The molecule has 5 heteroatoms. The van der Waals surface area contributed by atoms with Gasteiger partial charge >= 0.3 is 0 Å². The Morgan fingerprint density at radius 1 is 1.14 bits per heavy atom. The van der Waals surface area contributed by atoms with Crippen LogP contribution in [0.25, 0.3) is 0 Å². The molecular formula is C16H26N2O2S. The molecule has 0 radical (unpaired) electrons. The fourth-order valence-corrected chi connectivity index (χ4v) is 4.38. The Balaban J connectivity index is 2.13. The Morgan fingerprint density at radius 3 is 2.48 bits per heavy atom. The van der Waals surface area contributed by atoms with Crippen LogP contribution in [0, 0.1) is 5.92 Å². The second-order valence-electron chi connectivity index (χ2n) is 5.66. The van der Waals surface area contributed by atoms with Crippen molar-refractivity contribution < 1.29 is 8.42 Å². The van der Waals surface area contributed by atoms with Gasteiger partial charge in [0.05, 0.1) is 4.90 Å². The first-order valence-electron chi connectivity index (χ1n) is 7.92. The number of sulfonamides is 1. The zero-order valence-electron chi connectivity index (χ0n) is 13.0. The first kappa shape index (κ1) is 16.3. The largest absolute Gasteiger partial charge is 0.385 e. The number of benzene rings is 1. The quantitative estimate of drug-likeness (QED) is 0.907. The highest BCUT2D eigenvalue weighted by Gasteiger charge is 2.26. The molecule has 0 saturated carbocycles. The summed E-state index contributed by atoms with van der Waals surface area (Å²) >= 11 is 0. The van der Waals surface area contributed by atoms with Crippen LogP contribution in [-0.2, 0) is 10.0 Å². The van der Waals surface area contributed by atoms with Gasteiger partial charge in [-0.25, -0.2) is 8.42 Å². The molecule has 0 aromatic heterocycles. The normalized spacial score (nSPS) is 21.0. The summed E-state index contributed by atoms with van der Waals surface area (Å²) in [5, 5.41) is 3.18. The number of hydrogen-bond donors (Lipinski definition) is 1. The number of nitrogens with zero attached hydrogens (tertiary/aromatic N) is 1. The van der Waals surface area contributed by atoms with E-state index in [4.69, 9.17) is 0 Å². The molecule has 0 bridgehead atoms. The van der Waals surface area contributed by atoms with E-state index in [0.717, 1.165) is 37.9 Å². The summed E-state index contributed by atoms with van der Waals surface area (Å²) in [6.07, 6.45) is 4.23. The maximum atomic E-state index is 12.7. The van der Waals surface area contributed by atoms with Crippen LogP contribution in [0.5, 0.6) is 0 Å². The summed E-state index contributed by atoms with van der Waals surface area (Å²) in [7, 11) is -3.34. The highest BCUT2D eigenvalue weighted by Crippen LogP contribution is 2.25. The Bertz CT molecular complexity index is 540. The summed E-state index contributed by atoms with van der Waals surface area (Å²) in [6.45, 7) is 6.33. The molecule has 0 amide bonds. The molecule has 1 aromatic rings. The summed E-state index contributed by atoms with van der Waals surface area (Å²) in [4.78, 5) is 0.402. The van der Waals surface area contributed by atoms with E-state index in [1.165, 1.54) is 0 Å². The molecule has 1 aliphatic heterocycles. The van der Waals surface area contributed by atoms with Gasteiger partial charge in [-0.15, -0.1) is 0 Å². The Morgan fingerprint density at radius 2 is 1.86 bits per heavy atom. The third kappa shape index (κ3) is 3.98. The summed E-state index contributed by atoms with van der Waals surface area (Å²) in [5.41, 5.74) is 0.957.